The molecule has 0 fully saturated rings. The van der Waals surface area contributed by atoms with Crippen molar-refractivity contribution in [2.45, 2.75) is 26.1 Å². The molecule has 0 aromatic carbocycles. The third-order valence-electron chi connectivity index (χ3n) is 1.27. The fraction of sp³-hybridized carbons (Fsp3) is 1.00. The monoisotopic (exact) mass is 185 g/mol. The van der Waals surface area contributed by atoms with E-state index in [9.17, 15) is 0 Å². The lowest BCUT2D eigenvalue weighted by atomic mass is 10.4. The van der Waals surface area contributed by atoms with E-state index in [2.05, 4.69) is 0 Å². The molecule has 2 unspecified atom stereocenters. The van der Waals surface area contributed by atoms with Crippen LogP contribution in [0.2, 0.25) is 0 Å². The SMILES string of the molecule is COC(C)COC(C)CO.F.N. The van der Waals surface area contributed by atoms with Crippen LogP contribution in [0, 0.1) is 0 Å². The maximum atomic E-state index is 8.55. The third-order valence-corrected chi connectivity index (χ3v) is 1.27. The summed E-state index contributed by atoms with van der Waals surface area (Å²) in [7, 11) is 1.64. The molecule has 0 rings (SSSR count). The van der Waals surface area contributed by atoms with Crippen LogP contribution in [-0.2, 0) is 9.47 Å². The van der Waals surface area contributed by atoms with Crippen molar-refractivity contribution in [1.82, 2.24) is 6.15 Å². The molecule has 0 heterocycles. The van der Waals surface area contributed by atoms with Gasteiger partial charge in [0.15, 0.2) is 0 Å². The van der Waals surface area contributed by atoms with Crippen molar-refractivity contribution in [3.8, 4) is 0 Å². The first-order valence-corrected chi connectivity index (χ1v) is 3.46. The first-order chi connectivity index (χ1) is 4.70. The number of aliphatic hydroxyl groups is 1. The molecule has 2 atom stereocenters. The summed E-state index contributed by atoms with van der Waals surface area (Å²) >= 11 is 0. The van der Waals surface area contributed by atoms with E-state index >= 15 is 0 Å². The zero-order chi connectivity index (χ0) is 7.98. The highest BCUT2D eigenvalue weighted by atomic mass is 19.0. The number of aliphatic hydroxyl groups excluding tert-OH is 1. The smallest absolute Gasteiger partial charge is 0.0779 e. The second-order valence-corrected chi connectivity index (χ2v) is 2.37. The van der Waals surface area contributed by atoms with Gasteiger partial charge in [0, 0.05) is 7.11 Å². The molecule has 78 valence electrons. The van der Waals surface area contributed by atoms with Crippen molar-refractivity contribution >= 4 is 0 Å². The summed E-state index contributed by atoms with van der Waals surface area (Å²) in [6.45, 7) is 4.35. The van der Waals surface area contributed by atoms with Crippen LogP contribution in [-0.4, -0.2) is 37.6 Å². The minimum Gasteiger partial charge on any atom is -0.394 e. The van der Waals surface area contributed by atoms with Crippen molar-refractivity contribution in [3.05, 3.63) is 0 Å². The molecule has 12 heavy (non-hydrogen) atoms. The largest absolute Gasteiger partial charge is 0.394 e. The van der Waals surface area contributed by atoms with Crippen molar-refractivity contribution in [2.75, 3.05) is 20.3 Å². The second kappa shape index (κ2) is 10.8. The van der Waals surface area contributed by atoms with Crippen LogP contribution in [0.25, 0.3) is 0 Å². The fourth-order valence-corrected chi connectivity index (χ4v) is 0.421. The van der Waals surface area contributed by atoms with Crippen molar-refractivity contribution in [3.63, 3.8) is 0 Å². The predicted octanol–water partition coefficient (Wildman–Crippen LogP) is 0.733. The first-order valence-electron chi connectivity index (χ1n) is 3.46. The summed E-state index contributed by atoms with van der Waals surface area (Å²) in [4.78, 5) is 0. The Bertz CT molecular complexity index is 75.1. The van der Waals surface area contributed by atoms with E-state index in [0.29, 0.717) is 6.61 Å². The van der Waals surface area contributed by atoms with Gasteiger partial charge in [-0.2, -0.15) is 0 Å². The minimum atomic E-state index is -0.0856. The van der Waals surface area contributed by atoms with Crippen LogP contribution in [0.5, 0.6) is 0 Å². The first kappa shape index (κ1) is 17.8. The van der Waals surface area contributed by atoms with Gasteiger partial charge in [-0.25, -0.2) is 0 Å². The van der Waals surface area contributed by atoms with Gasteiger partial charge in [-0.1, -0.05) is 0 Å². The van der Waals surface area contributed by atoms with Gasteiger partial charge in [0.2, 0.25) is 0 Å². The summed E-state index contributed by atoms with van der Waals surface area (Å²) in [5, 5.41) is 8.55. The molecule has 0 aromatic heterocycles. The van der Waals surface area contributed by atoms with Crippen LogP contribution in [0.3, 0.4) is 0 Å². The molecule has 0 amide bonds. The van der Waals surface area contributed by atoms with Crippen molar-refractivity contribution < 1.29 is 19.3 Å². The number of hydrogen-bond donors (Lipinski definition) is 2. The van der Waals surface area contributed by atoms with E-state index in [-0.39, 0.29) is 29.7 Å². The molecular formula is C7H20FNO3. The summed E-state index contributed by atoms with van der Waals surface area (Å²) < 4.78 is 10.1. The van der Waals surface area contributed by atoms with Gasteiger partial charge in [0.1, 0.15) is 0 Å². The molecule has 4 N–H and O–H groups in total. The summed E-state index contributed by atoms with van der Waals surface area (Å²) in [5.41, 5.74) is 0. The number of methoxy groups -OCH3 is 1. The number of rotatable bonds is 5. The Hall–Kier alpha value is -0.230. The zero-order valence-corrected chi connectivity index (χ0v) is 7.95. The maximum absolute atomic E-state index is 8.55. The molecule has 4 nitrogen and oxygen atoms in total. The molecule has 0 aliphatic rings. The minimum absolute atomic E-state index is 0. The standard InChI is InChI=1S/C7H16O3.FH.H3N/c1-6(4-8)10-5-7(2)9-3;;/h6-8H,4-5H2,1-3H3;1H;1H3. The van der Waals surface area contributed by atoms with Crippen LogP contribution in [0.15, 0.2) is 0 Å². The van der Waals surface area contributed by atoms with Crippen LogP contribution in [0.1, 0.15) is 13.8 Å². The summed E-state index contributed by atoms with van der Waals surface area (Å²) in [6, 6.07) is 0. The Morgan fingerprint density at radius 1 is 1.25 bits per heavy atom. The van der Waals surface area contributed by atoms with Gasteiger partial charge >= 0.3 is 0 Å². The van der Waals surface area contributed by atoms with Crippen LogP contribution >= 0.6 is 0 Å². The normalized spacial score (nSPS) is 14.0. The Kier molecular flexibility index (Phi) is 15.9. The molecule has 0 saturated heterocycles. The average Bonchev–Trinajstić information content (AvgIpc) is 1.99. The lowest BCUT2D eigenvalue weighted by Crippen LogP contribution is -2.21. The molecule has 0 saturated carbocycles. The zero-order valence-electron chi connectivity index (χ0n) is 7.95. The highest BCUT2D eigenvalue weighted by Crippen LogP contribution is 1.93. The van der Waals surface area contributed by atoms with Gasteiger partial charge in [0.25, 0.3) is 0 Å². The molecule has 0 aliphatic carbocycles. The second-order valence-electron chi connectivity index (χ2n) is 2.37. The number of ether oxygens (including phenoxy) is 2. The average molecular weight is 185 g/mol. The van der Waals surface area contributed by atoms with E-state index in [4.69, 9.17) is 14.6 Å². The number of halogens is 1. The summed E-state index contributed by atoms with van der Waals surface area (Å²) in [6.07, 6.45) is 0.0200. The van der Waals surface area contributed by atoms with E-state index in [1.165, 1.54) is 0 Å². The van der Waals surface area contributed by atoms with Crippen molar-refractivity contribution in [1.29, 1.82) is 0 Å². The van der Waals surface area contributed by atoms with Gasteiger partial charge < -0.3 is 20.7 Å². The Morgan fingerprint density at radius 2 is 1.75 bits per heavy atom. The van der Waals surface area contributed by atoms with Crippen molar-refractivity contribution in [2.24, 2.45) is 0 Å². The highest BCUT2D eigenvalue weighted by Gasteiger charge is 2.03. The fourth-order valence-electron chi connectivity index (χ4n) is 0.421. The quantitative estimate of drug-likeness (QED) is 0.662. The number of hydrogen-bond acceptors (Lipinski definition) is 4. The molecular weight excluding hydrogens is 165 g/mol. The van der Waals surface area contributed by atoms with Gasteiger partial charge in [-0.15, -0.1) is 0 Å². The molecule has 0 radical (unpaired) electrons. The molecule has 0 aliphatic heterocycles. The Morgan fingerprint density at radius 3 is 2.08 bits per heavy atom. The molecule has 0 spiro atoms. The summed E-state index contributed by atoms with van der Waals surface area (Å²) in [5.74, 6) is 0. The lowest BCUT2D eigenvalue weighted by Gasteiger charge is -2.13. The molecule has 0 aromatic rings. The van der Waals surface area contributed by atoms with Gasteiger partial charge in [0.05, 0.1) is 25.4 Å². The Labute approximate surface area is 72.8 Å². The third kappa shape index (κ3) is 9.77. The Balaban J connectivity index is -0.000000405. The van der Waals surface area contributed by atoms with Gasteiger partial charge in [-0.05, 0) is 13.8 Å². The maximum Gasteiger partial charge on any atom is 0.0779 e. The van der Waals surface area contributed by atoms with E-state index < -0.39 is 0 Å². The molecule has 0 bridgehead atoms. The van der Waals surface area contributed by atoms with E-state index in [0.717, 1.165) is 0 Å². The molecule has 5 heteroatoms. The van der Waals surface area contributed by atoms with Crippen LogP contribution in [0.4, 0.5) is 4.70 Å². The van der Waals surface area contributed by atoms with Gasteiger partial charge in [-0.3, -0.25) is 4.70 Å². The highest BCUT2D eigenvalue weighted by molar-refractivity contribution is 4.49. The van der Waals surface area contributed by atoms with E-state index in [1.54, 1.807) is 7.11 Å². The van der Waals surface area contributed by atoms with E-state index in [1.807, 2.05) is 13.8 Å². The lowest BCUT2D eigenvalue weighted by molar-refractivity contribution is -0.0313. The topological polar surface area (TPSA) is 73.7 Å². The predicted molar refractivity (Wildman–Crippen MR) is 46.5 cm³/mol. The van der Waals surface area contributed by atoms with Crippen LogP contribution < -0.4 is 6.15 Å².